The summed E-state index contributed by atoms with van der Waals surface area (Å²) in [7, 11) is 0. The number of amides is 2. The van der Waals surface area contributed by atoms with Crippen LogP contribution in [0.15, 0.2) is 84.0 Å². The number of aromatic nitrogens is 3. The maximum absolute atomic E-state index is 12.4. The van der Waals surface area contributed by atoms with Crippen LogP contribution in [0.25, 0.3) is 5.69 Å². The van der Waals surface area contributed by atoms with Crippen molar-refractivity contribution in [3.63, 3.8) is 0 Å². The molecular formula is C26H25N5O2S. The second kappa shape index (κ2) is 10.8. The Morgan fingerprint density at radius 3 is 2.15 bits per heavy atom. The Morgan fingerprint density at radius 1 is 0.824 bits per heavy atom. The molecule has 0 saturated carbocycles. The molecule has 0 bridgehead atoms. The van der Waals surface area contributed by atoms with Gasteiger partial charge in [-0.05, 0) is 43.7 Å². The second-order valence-corrected chi connectivity index (χ2v) is 8.83. The molecule has 172 valence electrons. The van der Waals surface area contributed by atoms with Crippen LogP contribution in [0.2, 0.25) is 0 Å². The fraction of sp³-hybridized carbons (Fsp3) is 0.154. The van der Waals surface area contributed by atoms with Crippen LogP contribution < -0.4 is 10.9 Å². The molecule has 3 aromatic carbocycles. The Balaban J connectivity index is 1.44. The quantitative estimate of drug-likeness (QED) is 0.314. The van der Waals surface area contributed by atoms with Crippen molar-refractivity contribution in [2.24, 2.45) is 0 Å². The van der Waals surface area contributed by atoms with Crippen molar-refractivity contribution in [1.82, 2.24) is 25.6 Å². The summed E-state index contributed by atoms with van der Waals surface area (Å²) in [6, 6.07) is 25.3. The van der Waals surface area contributed by atoms with Gasteiger partial charge in [-0.2, -0.15) is 0 Å². The summed E-state index contributed by atoms with van der Waals surface area (Å²) in [5.41, 5.74) is 9.65. The number of nitrogens with zero attached hydrogens (tertiary/aromatic N) is 3. The van der Waals surface area contributed by atoms with Gasteiger partial charge in [0.25, 0.3) is 5.91 Å². The number of hydrazine groups is 1. The lowest BCUT2D eigenvalue weighted by Gasteiger charge is -2.11. The molecule has 2 amide bonds. The first-order valence-electron chi connectivity index (χ1n) is 10.8. The minimum Gasteiger partial charge on any atom is -0.274 e. The van der Waals surface area contributed by atoms with E-state index in [1.165, 1.54) is 11.8 Å². The lowest BCUT2D eigenvalue weighted by molar-refractivity contribution is -0.119. The highest BCUT2D eigenvalue weighted by atomic mass is 32.2. The van der Waals surface area contributed by atoms with Gasteiger partial charge in [-0.1, -0.05) is 77.5 Å². The molecule has 0 aliphatic carbocycles. The Morgan fingerprint density at radius 2 is 1.47 bits per heavy atom. The number of aryl methyl sites for hydroxylation is 2. The molecule has 1 heterocycles. The Kier molecular flexibility index (Phi) is 7.39. The largest absolute Gasteiger partial charge is 0.274 e. The molecule has 0 saturated heterocycles. The highest BCUT2D eigenvalue weighted by Gasteiger charge is 2.17. The SMILES string of the molecule is Cc1ccc(C(=O)NNC(=O)CSc2nnc(Cc3ccccc3)n2-c2ccc(C)cc2)cc1. The van der Waals surface area contributed by atoms with Crippen LogP contribution in [0, 0.1) is 13.8 Å². The van der Waals surface area contributed by atoms with Crippen molar-refractivity contribution in [3.05, 3.63) is 107 Å². The number of rotatable bonds is 7. The predicted molar refractivity (Wildman–Crippen MR) is 133 cm³/mol. The lowest BCUT2D eigenvalue weighted by atomic mass is 10.1. The zero-order valence-corrected chi connectivity index (χ0v) is 19.8. The van der Waals surface area contributed by atoms with E-state index >= 15 is 0 Å². The van der Waals surface area contributed by atoms with Gasteiger partial charge in [0.1, 0.15) is 5.82 Å². The van der Waals surface area contributed by atoms with Crippen molar-refractivity contribution in [3.8, 4) is 5.69 Å². The van der Waals surface area contributed by atoms with Crippen molar-refractivity contribution in [1.29, 1.82) is 0 Å². The van der Waals surface area contributed by atoms with Gasteiger partial charge in [0.2, 0.25) is 5.91 Å². The maximum Gasteiger partial charge on any atom is 0.269 e. The van der Waals surface area contributed by atoms with Gasteiger partial charge < -0.3 is 0 Å². The highest BCUT2D eigenvalue weighted by molar-refractivity contribution is 7.99. The topological polar surface area (TPSA) is 88.9 Å². The Labute approximate surface area is 202 Å². The number of nitrogens with one attached hydrogen (secondary N) is 2. The third kappa shape index (κ3) is 5.90. The number of hydrogen-bond acceptors (Lipinski definition) is 5. The number of carbonyl (C=O) groups is 2. The zero-order valence-electron chi connectivity index (χ0n) is 19.0. The van der Waals surface area contributed by atoms with E-state index in [4.69, 9.17) is 0 Å². The number of hydrogen-bond donors (Lipinski definition) is 2. The predicted octanol–water partition coefficient (Wildman–Crippen LogP) is 4.03. The average molecular weight is 472 g/mol. The first-order chi connectivity index (χ1) is 16.5. The molecule has 4 rings (SSSR count). The van der Waals surface area contributed by atoms with Crippen LogP contribution in [0.5, 0.6) is 0 Å². The third-order valence-corrected chi connectivity index (χ3v) is 6.09. The van der Waals surface area contributed by atoms with E-state index in [0.29, 0.717) is 17.1 Å². The van der Waals surface area contributed by atoms with Crippen LogP contribution in [0.1, 0.15) is 32.9 Å². The summed E-state index contributed by atoms with van der Waals surface area (Å²) < 4.78 is 1.97. The molecule has 0 aliphatic heterocycles. The second-order valence-electron chi connectivity index (χ2n) is 7.89. The average Bonchev–Trinajstić information content (AvgIpc) is 3.25. The smallest absolute Gasteiger partial charge is 0.269 e. The Bertz CT molecular complexity index is 1270. The van der Waals surface area contributed by atoms with Crippen LogP contribution in [0.3, 0.4) is 0 Å². The lowest BCUT2D eigenvalue weighted by Crippen LogP contribution is -2.42. The molecule has 0 radical (unpaired) electrons. The molecule has 0 fully saturated rings. The first kappa shape index (κ1) is 23.3. The zero-order chi connectivity index (χ0) is 23.9. The molecule has 0 unspecified atom stereocenters. The fourth-order valence-electron chi connectivity index (χ4n) is 3.31. The number of thioether (sulfide) groups is 1. The van der Waals surface area contributed by atoms with Crippen LogP contribution in [-0.4, -0.2) is 32.3 Å². The molecule has 7 nitrogen and oxygen atoms in total. The van der Waals surface area contributed by atoms with Crippen LogP contribution >= 0.6 is 11.8 Å². The molecule has 2 N–H and O–H groups in total. The standard InChI is InChI=1S/C26H25N5O2S/c1-18-8-12-21(13-9-18)25(33)29-28-24(32)17-34-26-30-27-23(16-20-6-4-3-5-7-20)31(26)22-14-10-19(2)11-15-22/h3-15H,16-17H2,1-2H3,(H,28,32)(H,29,33). The third-order valence-electron chi connectivity index (χ3n) is 5.16. The number of benzene rings is 3. The van der Waals surface area contributed by atoms with Crippen molar-refractivity contribution in [2.45, 2.75) is 25.4 Å². The van der Waals surface area contributed by atoms with Gasteiger partial charge in [0.15, 0.2) is 5.16 Å². The van der Waals surface area contributed by atoms with E-state index < -0.39 is 0 Å². The first-order valence-corrected chi connectivity index (χ1v) is 11.8. The van der Waals surface area contributed by atoms with Gasteiger partial charge in [0.05, 0.1) is 5.75 Å². The summed E-state index contributed by atoms with van der Waals surface area (Å²) in [4.78, 5) is 24.6. The summed E-state index contributed by atoms with van der Waals surface area (Å²) in [5, 5.41) is 9.35. The van der Waals surface area contributed by atoms with E-state index in [-0.39, 0.29) is 17.6 Å². The summed E-state index contributed by atoms with van der Waals surface area (Å²) in [5.74, 6) is 0.147. The van der Waals surface area contributed by atoms with Gasteiger partial charge in [-0.3, -0.25) is 25.0 Å². The number of carbonyl (C=O) groups excluding carboxylic acids is 2. The molecule has 0 atom stereocenters. The van der Waals surface area contributed by atoms with Gasteiger partial charge in [-0.15, -0.1) is 10.2 Å². The summed E-state index contributed by atoms with van der Waals surface area (Å²) in [6.07, 6.45) is 0.612. The van der Waals surface area contributed by atoms with Gasteiger partial charge >= 0.3 is 0 Å². The normalized spacial score (nSPS) is 10.6. The molecule has 1 aromatic heterocycles. The summed E-state index contributed by atoms with van der Waals surface area (Å²) >= 11 is 1.26. The van der Waals surface area contributed by atoms with Crippen LogP contribution in [0.4, 0.5) is 0 Å². The van der Waals surface area contributed by atoms with Crippen molar-refractivity contribution >= 4 is 23.6 Å². The monoisotopic (exact) mass is 471 g/mol. The van der Waals surface area contributed by atoms with E-state index in [9.17, 15) is 9.59 Å². The fourth-order valence-corrected chi connectivity index (χ4v) is 4.08. The van der Waals surface area contributed by atoms with Gasteiger partial charge in [-0.25, -0.2) is 0 Å². The van der Waals surface area contributed by atoms with E-state index in [2.05, 4.69) is 21.0 Å². The van der Waals surface area contributed by atoms with E-state index in [0.717, 1.165) is 28.2 Å². The van der Waals surface area contributed by atoms with Crippen LogP contribution in [-0.2, 0) is 11.2 Å². The molecular weight excluding hydrogens is 446 g/mol. The maximum atomic E-state index is 12.4. The molecule has 8 heteroatoms. The highest BCUT2D eigenvalue weighted by Crippen LogP contribution is 2.23. The summed E-state index contributed by atoms with van der Waals surface area (Å²) in [6.45, 7) is 3.98. The van der Waals surface area contributed by atoms with Crippen molar-refractivity contribution < 1.29 is 9.59 Å². The molecule has 4 aromatic rings. The minimum atomic E-state index is -0.369. The van der Waals surface area contributed by atoms with Gasteiger partial charge in [0, 0.05) is 17.7 Å². The molecule has 34 heavy (non-hydrogen) atoms. The van der Waals surface area contributed by atoms with Crippen molar-refractivity contribution in [2.75, 3.05) is 5.75 Å². The minimum absolute atomic E-state index is 0.0729. The molecule has 0 aliphatic rings. The van der Waals surface area contributed by atoms with E-state index in [1.54, 1.807) is 12.1 Å². The Hall–Kier alpha value is -3.91. The molecule has 0 spiro atoms. The van der Waals surface area contributed by atoms with E-state index in [1.807, 2.05) is 85.1 Å².